The van der Waals surface area contributed by atoms with Crippen molar-refractivity contribution in [1.82, 2.24) is 0 Å². The van der Waals surface area contributed by atoms with Gasteiger partial charge in [-0.3, -0.25) is 0 Å². The van der Waals surface area contributed by atoms with E-state index in [2.05, 4.69) is 19.2 Å². The van der Waals surface area contributed by atoms with Crippen molar-refractivity contribution < 1.29 is 52.3 Å². The highest BCUT2D eigenvalue weighted by Crippen LogP contribution is 2.30. The van der Waals surface area contributed by atoms with Gasteiger partial charge in [0.25, 0.3) is 0 Å². The Balaban J connectivity index is 0.876. The molecule has 452 valence electrons. The van der Waals surface area contributed by atoms with Gasteiger partial charge >= 0.3 is 17.9 Å². The summed E-state index contributed by atoms with van der Waals surface area (Å²) in [5, 5.41) is 12.6. The molecule has 0 bridgehead atoms. The van der Waals surface area contributed by atoms with Crippen LogP contribution < -0.4 is 23.7 Å². The van der Waals surface area contributed by atoms with Crippen LogP contribution >= 0.6 is 0 Å². The average molecular weight is 1160 g/mol. The van der Waals surface area contributed by atoms with Crippen LogP contribution in [0.15, 0.2) is 165 Å². The van der Waals surface area contributed by atoms with Crippen LogP contribution in [-0.4, -0.2) is 70.8 Å². The Kier molecular flexibility index (Phi) is 28.8. The van der Waals surface area contributed by atoms with Crippen LogP contribution in [0.2, 0.25) is 0 Å². The molecular formula is C74H85NO11. The number of fused-ring (bicyclic) bond motifs is 2. The molecule has 0 radical (unpaired) electrons. The number of hydrogen-bond donors (Lipinski definition) is 0. The van der Waals surface area contributed by atoms with Crippen molar-refractivity contribution >= 4 is 39.5 Å². The Morgan fingerprint density at radius 2 is 0.756 bits per heavy atom. The van der Waals surface area contributed by atoms with Gasteiger partial charge in [-0.15, -0.1) is 13.2 Å². The molecule has 0 saturated heterocycles. The van der Waals surface area contributed by atoms with E-state index in [1.165, 1.54) is 50.3 Å². The molecule has 0 unspecified atom stereocenters. The second-order valence-electron chi connectivity index (χ2n) is 21.6. The maximum Gasteiger partial charge on any atom is 0.343 e. The minimum Gasteiger partial charge on any atom is -0.494 e. The number of nitrogens with zero attached hydrogens (tertiary/aromatic N) is 1. The fraction of sp³-hybridized carbons (Fsp3) is 0.378. The minimum absolute atomic E-state index is 0.0192. The number of benzene rings is 7. The number of ether oxygens (including phenoxy) is 8. The van der Waals surface area contributed by atoms with Gasteiger partial charge in [0.1, 0.15) is 34.3 Å². The van der Waals surface area contributed by atoms with Crippen LogP contribution in [0.3, 0.4) is 0 Å². The summed E-state index contributed by atoms with van der Waals surface area (Å²) in [6, 6.07) is 44.2. The molecule has 86 heavy (non-hydrogen) atoms. The van der Waals surface area contributed by atoms with Crippen molar-refractivity contribution in [3.8, 4) is 45.9 Å². The lowest BCUT2D eigenvalue weighted by atomic mass is 10.0. The first-order chi connectivity index (χ1) is 42.3. The highest BCUT2D eigenvalue weighted by Gasteiger charge is 2.21. The van der Waals surface area contributed by atoms with E-state index in [-0.39, 0.29) is 23.7 Å². The fourth-order valence-electron chi connectivity index (χ4n) is 9.95. The lowest BCUT2D eigenvalue weighted by Gasteiger charge is -2.13. The van der Waals surface area contributed by atoms with Gasteiger partial charge in [0, 0.05) is 13.2 Å². The van der Waals surface area contributed by atoms with Crippen LogP contribution in [0.4, 0.5) is 0 Å². The van der Waals surface area contributed by atoms with Crippen LogP contribution in [0.25, 0.3) is 32.7 Å². The number of nitriles is 1. The summed E-state index contributed by atoms with van der Waals surface area (Å²) in [6.07, 6.45) is 24.8. The summed E-state index contributed by atoms with van der Waals surface area (Å²) in [4.78, 5) is 41.3. The molecule has 0 aliphatic carbocycles. The molecule has 0 fully saturated rings. The van der Waals surface area contributed by atoms with Crippen LogP contribution in [0.5, 0.6) is 28.7 Å². The van der Waals surface area contributed by atoms with E-state index in [1.807, 2.05) is 97.1 Å². The molecule has 0 amide bonds. The first-order valence-corrected chi connectivity index (χ1v) is 31.0. The zero-order chi connectivity index (χ0) is 60.2. The van der Waals surface area contributed by atoms with Gasteiger partial charge in [-0.1, -0.05) is 144 Å². The zero-order valence-electron chi connectivity index (χ0n) is 50.1. The molecule has 0 atom stereocenters. The zero-order valence-corrected chi connectivity index (χ0v) is 50.1. The topological polar surface area (TPSA) is 149 Å². The second kappa shape index (κ2) is 37.9. The molecule has 0 heterocycles. The lowest BCUT2D eigenvalue weighted by molar-refractivity contribution is 0.0490. The molecule has 12 heteroatoms. The third kappa shape index (κ3) is 23.0. The largest absolute Gasteiger partial charge is 0.494 e. The van der Waals surface area contributed by atoms with Crippen molar-refractivity contribution in [3.63, 3.8) is 0 Å². The van der Waals surface area contributed by atoms with E-state index < -0.39 is 17.9 Å². The van der Waals surface area contributed by atoms with Gasteiger partial charge < -0.3 is 37.9 Å². The SMILES string of the molecule is C=CCOCCCCCCCCCCOc1ccc2cc(C(=O)Oc3ccc(OC(=O)c4ccc5cc(OCCCCCCOCC=C)ccc5c4)cc3C(=O)OCCCCCCCCCCOc3ccc(-c4ccc(C#N)cc4)cc3)ccc2c1. The molecule has 0 aliphatic heterocycles. The Morgan fingerprint density at radius 3 is 1.23 bits per heavy atom. The highest BCUT2D eigenvalue weighted by atomic mass is 16.6. The number of carbonyl (C=O) groups excluding carboxylic acids is 3. The highest BCUT2D eigenvalue weighted by molar-refractivity contribution is 6.00. The number of carbonyl (C=O) groups is 3. The van der Waals surface area contributed by atoms with Crippen LogP contribution in [0.1, 0.15) is 165 Å². The van der Waals surface area contributed by atoms with Gasteiger partial charge in [0.05, 0.1) is 62.4 Å². The van der Waals surface area contributed by atoms with E-state index in [4.69, 9.17) is 43.2 Å². The monoisotopic (exact) mass is 1160 g/mol. The Morgan fingerprint density at radius 1 is 0.372 bits per heavy atom. The molecule has 0 N–H and O–H groups in total. The van der Waals surface area contributed by atoms with Crippen molar-refractivity contribution in [2.24, 2.45) is 0 Å². The van der Waals surface area contributed by atoms with E-state index in [9.17, 15) is 14.4 Å². The van der Waals surface area contributed by atoms with E-state index >= 15 is 0 Å². The first kappa shape index (κ1) is 65.3. The average Bonchev–Trinajstić information content (AvgIpc) is 3.58. The maximum atomic E-state index is 13.9. The Bertz CT molecular complexity index is 3250. The molecule has 7 aromatic carbocycles. The molecule has 0 aromatic heterocycles. The Hall–Kier alpha value is -8.24. The number of rotatable bonds is 42. The summed E-state index contributed by atoms with van der Waals surface area (Å²) in [6.45, 7) is 12.2. The molecule has 0 aliphatic rings. The van der Waals surface area contributed by atoms with E-state index in [0.29, 0.717) is 56.1 Å². The third-order valence-electron chi connectivity index (χ3n) is 14.8. The van der Waals surface area contributed by atoms with E-state index in [0.717, 1.165) is 153 Å². The van der Waals surface area contributed by atoms with Gasteiger partial charge in [-0.05, 0) is 169 Å². The smallest absolute Gasteiger partial charge is 0.343 e. The molecular weight excluding hydrogens is 1080 g/mol. The lowest BCUT2D eigenvalue weighted by Crippen LogP contribution is -2.14. The normalized spacial score (nSPS) is 11.0. The second-order valence-corrected chi connectivity index (χ2v) is 21.6. The molecule has 0 spiro atoms. The summed E-state index contributed by atoms with van der Waals surface area (Å²) in [5.41, 5.74) is 3.35. The third-order valence-corrected chi connectivity index (χ3v) is 14.8. The molecule has 7 aromatic rings. The standard InChI is InChI=1S/C74H85NO11/c1-3-43-79-45-19-13-9-5-6-11-15-22-48-82-67-40-36-61-52-65(32-30-63(61)54-67)73(77)86-71-42-41-69(85-72(76)64-31-29-62-53-68(39-35-60(62)51-64)83-49-23-18-17-20-46-80-44-4-2)55-70(71)74(78)84-50-24-16-12-8-7-10-14-21-47-81-66-37-33-59(34-38-66)58-27-25-57(56-75)26-28-58/h3-4,25-42,51-55H,1-2,5-24,43-50H2. The van der Waals surface area contributed by atoms with Crippen molar-refractivity contribution in [3.05, 3.63) is 187 Å². The summed E-state index contributed by atoms with van der Waals surface area (Å²) in [7, 11) is 0. The first-order valence-electron chi connectivity index (χ1n) is 31.0. The van der Waals surface area contributed by atoms with Crippen molar-refractivity contribution in [2.45, 2.75) is 128 Å². The number of hydrogen-bond acceptors (Lipinski definition) is 12. The summed E-state index contributed by atoms with van der Waals surface area (Å²) < 4.78 is 46.6. The Labute approximate surface area is 509 Å². The maximum absolute atomic E-state index is 13.9. The predicted molar refractivity (Wildman–Crippen MR) is 342 cm³/mol. The quantitative estimate of drug-likeness (QED) is 0.0155. The van der Waals surface area contributed by atoms with E-state index in [1.54, 1.807) is 36.4 Å². The van der Waals surface area contributed by atoms with Gasteiger partial charge in [0.2, 0.25) is 0 Å². The van der Waals surface area contributed by atoms with Crippen LogP contribution in [0, 0.1) is 11.3 Å². The van der Waals surface area contributed by atoms with Crippen LogP contribution in [-0.2, 0) is 14.2 Å². The number of esters is 3. The fourth-order valence-corrected chi connectivity index (χ4v) is 9.95. The van der Waals surface area contributed by atoms with Crippen molar-refractivity contribution in [1.29, 1.82) is 5.26 Å². The molecule has 7 rings (SSSR count). The van der Waals surface area contributed by atoms with Gasteiger partial charge in [0.15, 0.2) is 0 Å². The summed E-state index contributed by atoms with van der Waals surface area (Å²) in [5.74, 6) is 0.459. The number of unbranched alkanes of at least 4 members (excludes halogenated alkanes) is 17. The molecule has 0 saturated carbocycles. The summed E-state index contributed by atoms with van der Waals surface area (Å²) >= 11 is 0. The minimum atomic E-state index is -0.698. The van der Waals surface area contributed by atoms with Gasteiger partial charge in [-0.25, -0.2) is 14.4 Å². The van der Waals surface area contributed by atoms with Crippen molar-refractivity contribution in [2.75, 3.05) is 52.9 Å². The molecule has 12 nitrogen and oxygen atoms in total. The predicted octanol–water partition coefficient (Wildman–Crippen LogP) is 18.2. The van der Waals surface area contributed by atoms with Gasteiger partial charge in [-0.2, -0.15) is 5.26 Å².